The van der Waals surface area contributed by atoms with Crippen molar-refractivity contribution in [3.63, 3.8) is 0 Å². The molecular formula is C25H28N4O4S. The number of carbonyl (C=O) groups is 1. The Hall–Kier alpha value is -3.59. The maximum absolute atomic E-state index is 12.8. The number of nitrogens with zero attached hydrogens (tertiary/aromatic N) is 3. The van der Waals surface area contributed by atoms with E-state index in [0.717, 1.165) is 5.69 Å². The third kappa shape index (κ3) is 4.84. The van der Waals surface area contributed by atoms with Gasteiger partial charge in [-0.3, -0.25) is 4.72 Å². The second kappa shape index (κ2) is 9.34. The van der Waals surface area contributed by atoms with Crippen LogP contribution in [0.2, 0.25) is 0 Å². The Labute approximate surface area is 199 Å². The Morgan fingerprint density at radius 1 is 1.09 bits per heavy atom. The summed E-state index contributed by atoms with van der Waals surface area (Å²) in [5.41, 5.74) is 2.99. The highest BCUT2D eigenvalue weighted by Crippen LogP contribution is 2.28. The summed E-state index contributed by atoms with van der Waals surface area (Å²) < 4.78 is 28.1. The van der Waals surface area contributed by atoms with Crippen LogP contribution in [-0.2, 0) is 10.0 Å². The maximum atomic E-state index is 12.8. The number of rotatable bonds is 6. The van der Waals surface area contributed by atoms with E-state index in [9.17, 15) is 18.3 Å². The number of nitrogens with one attached hydrogen (secondary N) is 1. The molecule has 0 spiro atoms. The largest absolute Gasteiger partial charge is 0.478 e. The van der Waals surface area contributed by atoms with Gasteiger partial charge in [0.25, 0.3) is 10.0 Å². The summed E-state index contributed by atoms with van der Waals surface area (Å²) in [5.74, 6) is -0.824. The molecule has 0 aliphatic carbocycles. The molecule has 1 aliphatic heterocycles. The normalized spacial score (nSPS) is 16.4. The molecule has 1 atom stereocenters. The SMILES string of the molecule is Cc1cccc(N2CCN(c3ncc(NS(=O)(=O)c4ccccc4C)cc3C(=O)O)CC2C)c1. The summed E-state index contributed by atoms with van der Waals surface area (Å²) in [7, 11) is -3.88. The van der Waals surface area contributed by atoms with E-state index < -0.39 is 16.0 Å². The minimum Gasteiger partial charge on any atom is -0.478 e. The fourth-order valence-electron chi connectivity index (χ4n) is 4.33. The molecule has 178 valence electrons. The zero-order valence-corrected chi connectivity index (χ0v) is 20.2. The fourth-order valence-corrected chi connectivity index (χ4v) is 5.61. The van der Waals surface area contributed by atoms with Crippen molar-refractivity contribution >= 4 is 33.2 Å². The summed E-state index contributed by atoms with van der Waals surface area (Å²) in [6.07, 6.45) is 1.37. The predicted octanol–water partition coefficient (Wildman–Crippen LogP) is 3.91. The Balaban J connectivity index is 1.57. The summed E-state index contributed by atoms with van der Waals surface area (Å²) in [6, 6.07) is 16.4. The first-order chi connectivity index (χ1) is 16.2. The van der Waals surface area contributed by atoms with Gasteiger partial charge in [0.05, 0.1) is 16.8 Å². The number of benzene rings is 2. The Bertz CT molecular complexity index is 1330. The van der Waals surface area contributed by atoms with Crippen LogP contribution in [0, 0.1) is 13.8 Å². The second-order valence-electron chi connectivity index (χ2n) is 8.60. The zero-order chi connectivity index (χ0) is 24.5. The number of aromatic nitrogens is 1. The van der Waals surface area contributed by atoms with Gasteiger partial charge in [-0.1, -0.05) is 30.3 Å². The number of carboxylic acid groups (broad SMARTS) is 1. The van der Waals surface area contributed by atoms with Crippen LogP contribution in [0.1, 0.15) is 28.4 Å². The average molecular weight is 481 g/mol. The molecule has 4 rings (SSSR count). The fraction of sp³-hybridized carbons (Fsp3) is 0.280. The highest BCUT2D eigenvalue weighted by atomic mass is 32.2. The first-order valence-electron chi connectivity index (χ1n) is 11.1. The molecule has 34 heavy (non-hydrogen) atoms. The molecule has 0 bridgehead atoms. The molecule has 1 fully saturated rings. The molecule has 0 saturated carbocycles. The number of piperazine rings is 1. The van der Waals surface area contributed by atoms with Crippen molar-refractivity contribution in [2.45, 2.75) is 31.7 Å². The van der Waals surface area contributed by atoms with Gasteiger partial charge in [0.2, 0.25) is 0 Å². The van der Waals surface area contributed by atoms with E-state index in [2.05, 4.69) is 46.7 Å². The standard InChI is InChI=1S/C25H28N4O4S/c1-17-7-6-9-21(13-17)29-12-11-28(16-19(29)3)24-22(25(30)31)14-20(15-26-24)27-34(32,33)23-10-5-4-8-18(23)2/h4-10,13-15,19,27H,11-12,16H2,1-3H3,(H,30,31). The average Bonchev–Trinajstić information content (AvgIpc) is 2.79. The van der Waals surface area contributed by atoms with Gasteiger partial charge in [0.15, 0.2) is 0 Å². The number of hydrogen-bond donors (Lipinski definition) is 2. The van der Waals surface area contributed by atoms with Crippen LogP contribution in [0.4, 0.5) is 17.2 Å². The summed E-state index contributed by atoms with van der Waals surface area (Å²) in [4.78, 5) is 20.8. The molecule has 2 heterocycles. The van der Waals surface area contributed by atoms with Crippen molar-refractivity contribution in [1.82, 2.24) is 4.98 Å². The number of pyridine rings is 1. The lowest BCUT2D eigenvalue weighted by atomic mass is 10.1. The van der Waals surface area contributed by atoms with Gasteiger partial charge in [-0.25, -0.2) is 18.2 Å². The summed E-state index contributed by atoms with van der Waals surface area (Å²) >= 11 is 0. The van der Waals surface area contributed by atoms with E-state index in [-0.39, 0.29) is 22.2 Å². The molecule has 9 heteroatoms. The third-order valence-corrected chi connectivity index (χ3v) is 7.53. The summed E-state index contributed by atoms with van der Waals surface area (Å²) in [5, 5.41) is 9.85. The van der Waals surface area contributed by atoms with Crippen molar-refractivity contribution < 1.29 is 18.3 Å². The molecule has 0 amide bonds. The molecule has 0 radical (unpaired) electrons. The van der Waals surface area contributed by atoms with Crippen LogP contribution in [-0.4, -0.2) is 50.2 Å². The van der Waals surface area contributed by atoms with Crippen molar-refractivity contribution in [3.8, 4) is 0 Å². The van der Waals surface area contributed by atoms with Gasteiger partial charge < -0.3 is 14.9 Å². The number of aryl methyl sites for hydroxylation is 2. The highest BCUT2D eigenvalue weighted by Gasteiger charge is 2.28. The molecule has 2 N–H and O–H groups in total. The van der Waals surface area contributed by atoms with Crippen LogP contribution in [0.15, 0.2) is 65.7 Å². The number of hydrogen-bond acceptors (Lipinski definition) is 6. The van der Waals surface area contributed by atoms with Crippen molar-refractivity contribution in [3.05, 3.63) is 77.5 Å². The minimum atomic E-state index is -3.88. The van der Waals surface area contributed by atoms with E-state index in [1.54, 1.807) is 25.1 Å². The molecule has 8 nitrogen and oxygen atoms in total. The van der Waals surface area contributed by atoms with E-state index in [4.69, 9.17) is 0 Å². The molecule has 2 aromatic carbocycles. The van der Waals surface area contributed by atoms with Crippen molar-refractivity contribution in [1.29, 1.82) is 0 Å². The van der Waals surface area contributed by atoms with Crippen LogP contribution >= 0.6 is 0 Å². The van der Waals surface area contributed by atoms with Crippen molar-refractivity contribution in [2.75, 3.05) is 34.2 Å². The van der Waals surface area contributed by atoms with E-state index in [1.165, 1.54) is 23.9 Å². The van der Waals surface area contributed by atoms with Crippen molar-refractivity contribution in [2.24, 2.45) is 0 Å². The number of sulfonamides is 1. The topological polar surface area (TPSA) is 103 Å². The third-order valence-electron chi connectivity index (χ3n) is 5.99. The molecule has 3 aromatic rings. The molecule has 1 aliphatic rings. The first kappa shape index (κ1) is 23.6. The zero-order valence-electron chi connectivity index (χ0n) is 19.4. The lowest BCUT2D eigenvalue weighted by Gasteiger charge is -2.42. The van der Waals surface area contributed by atoms with Gasteiger partial charge >= 0.3 is 5.97 Å². The van der Waals surface area contributed by atoms with Crippen LogP contribution in [0.25, 0.3) is 0 Å². The monoisotopic (exact) mass is 480 g/mol. The molecule has 1 aromatic heterocycles. The number of carboxylic acids is 1. The Morgan fingerprint density at radius 3 is 2.53 bits per heavy atom. The van der Waals surface area contributed by atoms with Gasteiger partial charge in [-0.2, -0.15) is 0 Å². The van der Waals surface area contributed by atoms with E-state index in [0.29, 0.717) is 31.0 Å². The number of aromatic carboxylic acids is 1. The van der Waals surface area contributed by atoms with Gasteiger partial charge in [0.1, 0.15) is 11.4 Å². The summed E-state index contributed by atoms with van der Waals surface area (Å²) in [6.45, 7) is 7.76. The quantitative estimate of drug-likeness (QED) is 0.551. The molecular weight excluding hydrogens is 452 g/mol. The number of anilines is 3. The highest BCUT2D eigenvalue weighted by molar-refractivity contribution is 7.92. The minimum absolute atomic E-state index is 0.0406. The maximum Gasteiger partial charge on any atom is 0.339 e. The Kier molecular flexibility index (Phi) is 6.47. The molecule has 1 unspecified atom stereocenters. The smallest absolute Gasteiger partial charge is 0.339 e. The predicted molar refractivity (Wildman–Crippen MR) is 133 cm³/mol. The van der Waals surface area contributed by atoms with E-state index in [1.807, 2.05) is 11.0 Å². The lowest BCUT2D eigenvalue weighted by molar-refractivity contribution is 0.0697. The van der Waals surface area contributed by atoms with Gasteiger partial charge in [-0.05, 0) is 56.2 Å². The second-order valence-corrected chi connectivity index (χ2v) is 10.2. The van der Waals surface area contributed by atoms with Gasteiger partial charge in [-0.15, -0.1) is 0 Å². The van der Waals surface area contributed by atoms with E-state index >= 15 is 0 Å². The van der Waals surface area contributed by atoms with Crippen LogP contribution in [0.5, 0.6) is 0 Å². The van der Waals surface area contributed by atoms with Gasteiger partial charge in [0, 0.05) is 31.4 Å². The lowest BCUT2D eigenvalue weighted by Crippen LogP contribution is -2.52. The van der Waals surface area contributed by atoms with Crippen LogP contribution < -0.4 is 14.5 Å². The Morgan fingerprint density at radius 2 is 1.85 bits per heavy atom. The molecule has 1 saturated heterocycles. The van der Waals surface area contributed by atoms with Crippen LogP contribution in [0.3, 0.4) is 0 Å². The first-order valence-corrected chi connectivity index (χ1v) is 12.5.